The van der Waals surface area contributed by atoms with Crippen molar-refractivity contribution in [3.05, 3.63) is 183 Å². The molecule has 0 spiro atoms. The van der Waals surface area contributed by atoms with Gasteiger partial charge in [-0.25, -0.2) is 23.5 Å². The number of fused-ring (bicyclic) bond motifs is 5. The molecule has 4 atom stereocenters. The van der Waals surface area contributed by atoms with Crippen LogP contribution in [0.5, 0.6) is 5.75 Å². The van der Waals surface area contributed by atoms with E-state index in [0.29, 0.717) is 38.9 Å². The number of carbonyl (C=O) groups is 2. The molecule has 5 aromatic carbocycles. The molecule has 0 saturated heterocycles. The number of nitrogens with zero attached hydrogens (tertiary/aromatic N) is 3. The molecule has 1 fully saturated rings. The summed E-state index contributed by atoms with van der Waals surface area (Å²) in [6.45, 7) is 0.0767. The first-order valence-corrected chi connectivity index (χ1v) is 16.7. The van der Waals surface area contributed by atoms with Crippen molar-refractivity contribution in [3.63, 3.8) is 0 Å². The predicted octanol–water partition coefficient (Wildman–Crippen LogP) is 6.12. The Morgan fingerprint density at radius 2 is 1.36 bits per heavy atom. The summed E-state index contributed by atoms with van der Waals surface area (Å²) in [4.78, 5) is 58.5. The largest absolute Gasteiger partial charge is 0.507 e. The monoisotopic (exact) mass is 657 g/mol. The van der Waals surface area contributed by atoms with E-state index in [0.717, 1.165) is 9.95 Å². The van der Waals surface area contributed by atoms with Crippen LogP contribution in [0.1, 0.15) is 35.1 Å². The van der Waals surface area contributed by atoms with Crippen LogP contribution in [0.25, 0.3) is 22.0 Å². The van der Waals surface area contributed by atoms with Gasteiger partial charge in [0.1, 0.15) is 5.75 Å². The fourth-order valence-corrected chi connectivity index (χ4v) is 8.78. The van der Waals surface area contributed by atoms with E-state index in [1.165, 1.54) is 15.4 Å². The molecule has 1 N–H and O–H groups in total. The van der Waals surface area contributed by atoms with E-state index in [9.17, 15) is 14.7 Å². The number of benzene rings is 5. The number of hydrogen-bond acceptors (Lipinski definition) is 5. The van der Waals surface area contributed by atoms with Gasteiger partial charge in [-0.2, -0.15) is 0 Å². The molecule has 2 heterocycles. The summed E-state index contributed by atoms with van der Waals surface area (Å²) in [6, 6.07) is 37.7. The van der Waals surface area contributed by atoms with Gasteiger partial charge in [-0.3, -0.25) is 9.59 Å². The molecule has 3 aliphatic rings. The van der Waals surface area contributed by atoms with Crippen LogP contribution in [0.2, 0.25) is 0 Å². The van der Waals surface area contributed by atoms with Gasteiger partial charge in [0.25, 0.3) is 0 Å². The minimum atomic E-state index is -1.45. The average molecular weight is 658 g/mol. The minimum Gasteiger partial charge on any atom is -0.507 e. The molecule has 50 heavy (non-hydrogen) atoms. The number of allylic oxidation sites excluding steroid dienone is 4. The molecule has 0 radical (unpaired) electrons. The van der Waals surface area contributed by atoms with Crippen molar-refractivity contribution in [2.24, 2.45) is 5.92 Å². The van der Waals surface area contributed by atoms with Gasteiger partial charge in [-0.1, -0.05) is 121 Å². The summed E-state index contributed by atoms with van der Waals surface area (Å²) in [6.07, 6.45) is 3.48. The van der Waals surface area contributed by atoms with Gasteiger partial charge in [-0.05, 0) is 46.7 Å². The number of phenols is 1. The van der Waals surface area contributed by atoms with Crippen molar-refractivity contribution >= 4 is 27.9 Å². The lowest BCUT2D eigenvalue weighted by Gasteiger charge is -2.54. The van der Waals surface area contributed by atoms with E-state index in [2.05, 4.69) is 0 Å². The Bertz CT molecular complexity index is 2540. The molecule has 0 amide bonds. The van der Waals surface area contributed by atoms with Crippen molar-refractivity contribution in [1.29, 1.82) is 0 Å². The second kappa shape index (κ2) is 11.1. The SMILES string of the molecule is O=C1C(c2ccccc2)=CC(=O)[C@@]2(c3ccccc3)[C@@H](c3ccc4ccccc4c3O)C3=CCn4c(=O)n(-c5ccccc5)c(=O)n4[C@@H]3C[C@@H]12. The fraction of sp³-hybridized carbons (Fsp3) is 0.143. The molecular weight excluding hydrogens is 626 g/mol. The fourth-order valence-electron chi connectivity index (χ4n) is 8.78. The van der Waals surface area contributed by atoms with Crippen molar-refractivity contribution < 1.29 is 14.7 Å². The summed E-state index contributed by atoms with van der Waals surface area (Å²) in [5.41, 5.74) is 0.757. The zero-order valence-electron chi connectivity index (χ0n) is 26.8. The van der Waals surface area contributed by atoms with Gasteiger partial charge < -0.3 is 5.11 Å². The Hall–Kier alpha value is -6.28. The third kappa shape index (κ3) is 4.05. The normalized spacial score (nSPS) is 22.7. The second-order valence-corrected chi connectivity index (χ2v) is 13.2. The van der Waals surface area contributed by atoms with Gasteiger partial charge in [0.15, 0.2) is 11.6 Å². The molecule has 6 aromatic rings. The molecule has 0 unspecified atom stereocenters. The maximum absolute atomic E-state index is 15.2. The van der Waals surface area contributed by atoms with E-state index in [-0.39, 0.29) is 30.3 Å². The summed E-state index contributed by atoms with van der Waals surface area (Å²) in [7, 11) is 0. The molecule has 1 aromatic heterocycles. The van der Waals surface area contributed by atoms with Crippen molar-refractivity contribution in [2.75, 3.05) is 0 Å². The van der Waals surface area contributed by atoms with Crippen LogP contribution < -0.4 is 11.4 Å². The number of ketones is 2. The highest BCUT2D eigenvalue weighted by atomic mass is 16.3. The quantitative estimate of drug-likeness (QED) is 0.230. The first-order valence-electron chi connectivity index (χ1n) is 16.7. The Balaban J connectivity index is 1.36. The number of aromatic nitrogens is 3. The smallest absolute Gasteiger partial charge is 0.352 e. The minimum absolute atomic E-state index is 0.0129. The Morgan fingerprint density at radius 3 is 2.10 bits per heavy atom. The van der Waals surface area contributed by atoms with Crippen LogP contribution >= 0.6 is 0 Å². The van der Waals surface area contributed by atoms with Crippen LogP contribution in [-0.4, -0.2) is 30.6 Å². The highest BCUT2D eigenvalue weighted by Gasteiger charge is 2.63. The summed E-state index contributed by atoms with van der Waals surface area (Å²) in [5.74, 6) is -2.25. The molecule has 8 heteroatoms. The number of para-hydroxylation sites is 1. The maximum atomic E-state index is 15.2. The number of hydrogen-bond donors (Lipinski definition) is 1. The molecule has 1 saturated carbocycles. The average Bonchev–Trinajstić information content (AvgIpc) is 3.42. The Morgan fingerprint density at radius 1 is 0.700 bits per heavy atom. The standard InChI is InChI=1S/C42H31N3O5/c46-36-24-33(26-12-4-1-5-13-26)39(48)34-25-35-31(22-23-43-40(49)44(41(50)45(35)43)29-17-8-3-9-18-29)37(42(34,36)28-15-6-2-7-16-28)32-21-20-27-14-10-11-19-30(27)38(32)47/h1-22,24,34-35,37,47H,23,25H2/t34-,35+,37+,42-/m0/s1. The highest BCUT2D eigenvalue weighted by molar-refractivity contribution is 6.31. The van der Waals surface area contributed by atoms with Gasteiger partial charge in [-0.15, -0.1) is 0 Å². The van der Waals surface area contributed by atoms with Crippen molar-refractivity contribution in [1.82, 2.24) is 13.9 Å². The van der Waals surface area contributed by atoms with Crippen LogP contribution in [0.4, 0.5) is 0 Å². The lowest BCUT2D eigenvalue weighted by Crippen LogP contribution is -2.58. The predicted molar refractivity (Wildman–Crippen MR) is 190 cm³/mol. The molecule has 2 aliphatic carbocycles. The molecule has 244 valence electrons. The van der Waals surface area contributed by atoms with Gasteiger partial charge in [0, 0.05) is 28.4 Å². The van der Waals surface area contributed by atoms with E-state index < -0.39 is 34.7 Å². The van der Waals surface area contributed by atoms with Crippen LogP contribution in [-0.2, 0) is 21.5 Å². The summed E-state index contributed by atoms with van der Waals surface area (Å²) in [5, 5.41) is 13.5. The third-order valence-electron chi connectivity index (χ3n) is 10.9. The van der Waals surface area contributed by atoms with Crippen LogP contribution in [0.15, 0.2) is 155 Å². The first-order chi connectivity index (χ1) is 24.4. The summed E-state index contributed by atoms with van der Waals surface area (Å²) < 4.78 is 4.03. The number of Topliss-reactive ketones (excluding diaryl/α,β-unsaturated/α-hetero) is 1. The molecule has 8 nitrogen and oxygen atoms in total. The number of rotatable bonds is 4. The zero-order valence-corrected chi connectivity index (χ0v) is 26.8. The molecule has 0 bridgehead atoms. The number of carbonyl (C=O) groups excluding carboxylic acids is 2. The van der Waals surface area contributed by atoms with E-state index in [1.54, 1.807) is 24.3 Å². The third-order valence-corrected chi connectivity index (χ3v) is 10.9. The lowest BCUT2D eigenvalue weighted by molar-refractivity contribution is -0.133. The van der Waals surface area contributed by atoms with E-state index in [4.69, 9.17) is 0 Å². The first kappa shape index (κ1) is 29.8. The number of aromatic hydroxyl groups is 1. The summed E-state index contributed by atoms with van der Waals surface area (Å²) >= 11 is 0. The van der Waals surface area contributed by atoms with E-state index in [1.807, 2.05) is 109 Å². The molecule has 1 aliphatic heterocycles. The molecular formula is C42H31N3O5. The Labute approximate surface area is 286 Å². The van der Waals surface area contributed by atoms with Gasteiger partial charge in [0.05, 0.1) is 23.7 Å². The van der Waals surface area contributed by atoms with E-state index >= 15 is 9.59 Å². The van der Waals surface area contributed by atoms with Crippen molar-refractivity contribution in [2.45, 2.75) is 30.3 Å². The van der Waals surface area contributed by atoms with Gasteiger partial charge in [0.2, 0.25) is 0 Å². The molecule has 9 rings (SSSR count). The van der Waals surface area contributed by atoms with Crippen LogP contribution in [0.3, 0.4) is 0 Å². The van der Waals surface area contributed by atoms with Gasteiger partial charge >= 0.3 is 11.4 Å². The van der Waals surface area contributed by atoms with Crippen LogP contribution in [0, 0.1) is 5.92 Å². The maximum Gasteiger partial charge on any atom is 0.352 e. The number of phenolic OH excluding ortho intramolecular Hbond substituents is 1. The van der Waals surface area contributed by atoms with Crippen molar-refractivity contribution in [3.8, 4) is 11.4 Å². The zero-order chi connectivity index (χ0) is 34.1. The Kier molecular flexibility index (Phi) is 6.64. The highest BCUT2D eigenvalue weighted by Crippen LogP contribution is 2.62. The lowest BCUT2D eigenvalue weighted by atomic mass is 9.47. The topological polar surface area (TPSA) is 103 Å². The second-order valence-electron chi connectivity index (χ2n) is 13.2.